The highest BCUT2D eigenvalue weighted by Crippen LogP contribution is 2.18. The molecule has 0 radical (unpaired) electrons. The first-order valence-electron chi connectivity index (χ1n) is 10.7. The van der Waals surface area contributed by atoms with Gasteiger partial charge in [-0.15, -0.1) is 0 Å². The number of aromatic hydroxyl groups is 1. The zero-order valence-corrected chi connectivity index (χ0v) is 21.2. The number of amides is 3. The SMILES string of the molecule is C[C@H](NC(=O)[C@H](CO)NS(=O)(=O)Cc1ccc(Cl)cc1)C(=O)NC(=O)c1cc(O)ccc1CN=C(N)N. The summed E-state index contributed by atoms with van der Waals surface area (Å²) >= 11 is 5.78. The molecule has 0 aliphatic heterocycles. The molecule has 0 unspecified atom stereocenters. The quantitative estimate of drug-likeness (QED) is 0.134. The van der Waals surface area contributed by atoms with Gasteiger partial charge in [0.1, 0.15) is 17.8 Å². The van der Waals surface area contributed by atoms with Gasteiger partial charge in [-0.25, -0.2) is 18.1 Å². The minimum atomic E-state index is -4.06. The van der Waals surface area contributed by atoms with Crippen LogP contribution in [0.25, 0.3) is 0 Å². The number of nitrogens with one attached hydrogen (secondary N) is 3. The second-order valence-electron chi connectivity index (χ2n) is 7.87. The molecule has 0 bridgehead atoms. The number of phenolic OH excluding ortho intramolecular Hbond substituents is 1. The lowest BCUT2D eigenvalue weighted by atomic mass is 10.1. The lowest BCUT2D eigenvalue weighted by molar-refractivity contribution is -0.129. The number of nitrogens with zero attached hydrogens (tertiary/aromatic N) is 1. The molecule has 2 rings (SSSR count). The van der Waals surface area contributed by atoms with Gasteiger partial charge in [0.2, 0.25) is 21.8 Å². The molecule has 3 amide bonds. The summed E-state index contributed by atoms with van der Waals surface area (Å²) in [6.07, 6.45) is 0. The van der Waals surface area contributed by atoms with Crippen molar-refractivity contribution < 1.29 is 33.0 Å². The summed E-state index contributed by atoms with van der Waals surface area (Å²) in [4.78, 5) is 41.4. The van der Waals surface area contributed by atoms with Gasteiger partial charge >= 0.3 is 0 Å². The van der Waals surface area contributed by atoms with Crippen molar-refractivity contribution in [3.63, 3.8) is 0 Å². The zero-order valence-electron chi connectivity index (χ0n) is 19.6. The highest BCUT2D eigenvalue weighted by Gasteiger charge is 2.27. The van der Waals surface area contributed by atoms with Crippen molar-refractivity contribution in [3.05, 3.63) is 64.2 Å². The van der Waals surface area contributed by atoms with E-state index in [1.165, 1.54) is 43.3 Å². The van der Waals surface area contributed by atoms with Crippen LogP contribution in [0, 0.1) is 0 Å². The molecular formula is C22H27ClN6O7S. The van der Waals surface area contributed by atoms with Crippen molar-refractivity contribution in [1.29, 1.82) is 0 Å². The summed E-state index contributed by atoms with van der Waals surface area (Å²) in [7, 11) is -4.06. The van der Waals surface area contributed by atoms with Gasteiger partial charge in [-0.05, 0) is 42.3 Å². The summed E-state index contributed by atoms with van der Waals surface area (Å²) in [6, 6.07) is 6.92. The lowest BCUT2D eigenvalue weighted by Gasteiger charge is -2.19. The standard InChI is InChI=1S/C22H27ClN6O7S/c1-12(19(32)28-20(33)17-8-16(31)7-4-14(17)9-26-22(24)25)27-21(34)18(10-30)29-37(35,36)11-13-2-5-15(23)6-3-13/h2-8,12,18,29-31H,9-11H2,1H3,(H,27,34)(H4,24,25,26)(H,28,32,33)/t12-,18-/m0/s1. The second kappa shape index (κ2) is 13.0. The number of rotatable bonds is 11. The molecule has 0 fully saturated rings. The zero-order chi connectivity index (χ0) is 27.8. The Morgan fingerprint density at radius 3 is 2.32 bits per heavy atom. The maximum absolute atomic E-state index is 12.6. The Kier molecular flexibility index (Phi) is 10.4. The third kappa shape index (κ3) is 9.34. The van der Waals surface area contributed by atoms with E-state index in [1.54, 1.807) is 0 Å². The van der Waals surface area contributed by atoms with Crippen LogP contribution < -0.4 is 26.8 Å². The molecule has 0 saturated carbocycles. The Morgan fingerprint density at radius 1 is 1.08 bits per heavy atom. The van der Waals surface area contributed by atoms with Crippen LogP contribution in [0.4, 0.5) is 0 Å². The van der Waals surface area contributed by atoms with E-state index in [-0.39, 0.29) is 23.8 Å². The van der Waals surface area contributed by atoms with E-state index in [0.717, 1.165) is 6.07 Å². The Hall–Kier alpha value is -3.72. The number of sulfonamides is 1. The predicted octanol–water partition coefficient (Wildman–Crippen LogP) is -0.939. The number of carbonyl (C=O) groups is 3. The smallest absolute Gasteiger partial charge is 0.258 e. The van der Waals surface area contributed by atoms with Gasteiger partial charge in [-0.1, -0.05) is 29.8 Å². The first kappa shape index (κ1) is 29.5. The fourth-order valence-corrected chi connectivity index (χ4v) is 4.44. The summed E-state index contributed by atoms with van der Waals surface area (Å²) < 4.78 is 26.9. The monoisotopic (exact) mass is 554 g/mol. The Morgan fingerprint density at radius 2 is 1.73 bits per heavy atom. The van der Waals surface area contributed by atoms with Gasteiger partial charge in [-0.2, -0.15) is 0 Å². The van der Waals surface area contributed by atoms with Crippen LogP contribution in [0.5, 0.6) is 5.75 Å². The molecule has 0 aliphatic carbocycles. The van der Waals surface area contributed by atoms with Crippen molar-refractivity contribution in [3.8, 4) is 5.75 Å². The highest BCUT2D eigenvalue weighted by molar-refractivity contribution is 7.88. The van der Waals surface area contributed by atoms with Crippen LogP contribution in [0.15, 0.2) is 47.5 Å². The van der Waals surface area contributed by atoms with Gasteiger partial charge in [0.15, 0.2) is 5.96 Å². The van der Waals surface area contributed by atoms with E-state index in [0.29, 0.717) is 16.1 Å². The van der Waals surface area contributed by atoms with Gasteiger partial charge in [0.05, 0.1) is 18.9 Å². The minimum Gasteiger partial charge on any atom is -0.508 e. The van der Waals surface area contributed by atoms with Crippen molar-refractivity contribution >= 4 is 45.3 Å². The van der Waals surface area contributed by atoms with Crippen molar-refractivity contribution in [2.45, 2.75) is 31.3 Å². The van der Waals surface area contributed by atoms with Crippen LogP contribution in [0.2, 0.25) is 5.02 Å². The first-order valence-corrected chi connectivity index (χ1v) is 12.7. The number of imide groups is 1. The maximum atomic E-state index is 12.6. The number of aliphatic hydroxyl groups is 1. The number of benzene rings is 2. The van der Waals surface area contributed by atoms with Crippen LogP contribution >= 0.6 is 11.6 Å². The summed E-state index contributed by atoms with van der Waals surface area (Å²) in [5, 5.41) is 24.0. The number of nitrogens with two attached hydrogens (primary N) is 2. The number of hydrogen-bond acceptors (Lipinski definition) is 8. The number of hydrogen-bond donors (Lipinski definition) is 7. The van der Waals surface area contributed by atoms with E-state index in [9.17, 15) is 33.0 Å². The Bertz CT molecular complexity index is 1280. The molecule has 15 heteroatoms. The van der Waals surface area contributed by atoms with Gasteiger partial charge in [0.25, 0.3) is 5.91 Å². The van der Waals surface area contributed by atoms with Crippen molar-refractivity contribution in [1.82, 2.24) is 15.4 Å². The number of aliphatic imine (C=N–C) groups is 1. The average Bonchev–Trinajstić information content (AvgIpc) is 2.82. The molecule has 0 spiro atoms. The molecule has 2 aromatic carbocycles. The third-order valence-corrected chi connectivity index (χ3v) is 6.46. The van der Waals surface area contributed by atoms with Crippen LogP contribution in [-0.2, 0) is 31.9 Å². The van der Waals surface area contributed by atoms with E-state index < -0.39 is 52.2 Å². The molecular weight excluding hydrogens is 528 g/mol. The highest BCUT2D eigenvalue weighted by atomic mass is 35.5. The fraction of sp³-hybridized carbons (Fsp3) is 0.273. The molecule has 200 valence electrons. The van der Waals surface area contributed by atoms with Crippen molar-refractivity contribution in [2.75, 3.05) is 6.61 Å². The van der Waals surface area contributed by atoms with Crippen LogP contribution in [0.3, 0.4) is 0 Å². The van der Waals surface area contributed by atoms with Gasteiger partial charge in [-0.3, -0.25) is 19.7 Å². The van der Waals surface area contributed by atoms with Gasteiger partial charge in [0, 0.05) is 10.6 Å². The molecule has 2 aromatic rings. The van der Waals surface area contributed by atoms with Crippen molar-refractivity contribution in [2.24, 2.45) is 16.5 Å². The normalized spacial score (nSPS) is 12.7. The van der Waals surface area contributed by atoms with Gasteiger partial charge < -0.3 is 27.0 Å². The number of halogens is 1. The molecule has 13 nitrogen and oxygen atoms in total. The molecule has 0 saturated heterocycles. The summed E-state index contributed by atoms with van der Waals surface area (Å²) in [6.45, 7) is 0.260. The molecule has 2 atom stereocenters. The van der Waals surface area contributed by atoms with Crippen LogP contribution in [-0.4, -0.2) is 61.0 Å². The van der Waals surface area contributed by atoms with E-state index in [4.69, 9.17) is 23.1 Å². The topological polar surface area (TPSA) is 226 Å². The number of guanidine groups is 1. The Labute approximate surface area is 217 Å². The maximum Gasteiger partial charge on any atom is 0.258 e. The Balaban J connectivity index is 2.02. The third-order valence-electron chi connectivity index (χ3n) is 4.85. The molecule has 0 heterocycles. The second-order valence-corrected chi connectivity index (χ2v) is 10.1. The predicted molar refractivity (Wildman–Crippen MR) is 136 cm³/mol. The van der Waals surface area contributed by atoms with E-state index >= 15 is 0 Å². The molecule has 0 aromatic heterocycles. The average molecular weight is 555 g/mol. The number of phenols is 1. The number of carbonyl (C=O) groups excluding carboxylic acids is 3. The van der Waals surface area contributed by atoms with E-state index in [1.807, 2.05) is 0 Å². The molecule has 9 N–H and O–H groups in total. The van der Waals surface area contributed by atoms with E-state index in [2.05, 4.69) is 20.3 Å². The first-order chi connectivity index (χ1) is 17.3. The summed E-state index contributed by atoms with van der Waals surface area (Å²) in [5.41, 5.74) is 11.2. The minimum absolute atomic E-state index is 0.0833. The fourth-order valence-electron chi connectivity index (χ4n) is 2.99. The molecule has 37 heavy (non-hydrogen) atoms. The molecule has 0 aliphatic rings. The number of aliphatic hydroxyl groups excluding tert-OH is 1. The largest absolute Gasteiger partial charge is 0.508 e. The van der Waals surface area contributed by atoms with Crippen LogP contribution in [0.1, 0.15) is 28.4 Å². The lowest BCUT2D eigenvalue weighted by Crippen LogP contribution is -2.54. The summed E-state index contributed by atoms with van der Waals surface area (Å²) in [5.74, 6) is -3.79.